The van der Waals surface area contributed by atoms with Crippen LogP contribution >= 0.6 is 11.3 Å². The number of aromatic nitrogens is 4. The Labute approximate surface area is 180 Å². The normalized spacial score (nSPS) is 12.3. The van der Waals surface area contributed by atoms with Crippen LogP contribution in [0.4, 0.5) is 0 Å². The fourth-order valence-electron chi connectivity index (χ4n) is 3.37. The molecule has 5 aromatic rings. The molecule has 0 saturated heterocycles. The maximum Gasteiger partial charge on any atom is 0.297 e. The highest BCUT2D eigenvalue weighted by atomic mass is 32.1. The molecule has 1 aromatic carbocycles. The van der Waals surface area contributed by atoms with Crippen LogP contribution in [0.2, 0.25) is 0 Å². The molecule has 4 aromatic heterocycles. The summed E-state index contributed by atoms with van der Waals surface area (Å²) < 4.78 is 6.91. The lowest BCUT2D eigenvalue weighted by molar-refractivity contribution is -0.122. The van der Waals surface area contributed by atoms with Gasteiger partial charge in [0.05, 0.1) is 18.1 Å². The topological polar surface area (TPSA) is 103 Å². The van der Waals surface area contributed by atoms with Gasteiger partial charge in [0, 0.05) is 28.7 Å². The minimum Gasteiger partial charge on any atom is -0.448 e. The molecule has 8 nitrogen and oxygen atoms in total. The zero-order valence-electron chi connectivity index (χ0n) is 16.5. The van der Waals surface area contributed by atoms with Gasteiger partial charge >= 0.3 is 0 Å². The summed E-state index contributed by atoms with van der Waals surface area (Å²) in [5.41, 5.74) is 2.64. The zero-order chi connectivity index (χ0) is 21.4. The van der Waals surface area contributed by atoms with Crippen LogP contribution in [0.1, 0.15) is 18.0 Å². The van der Waals surface area contributed by atoms with E-state index < -0.39 is 5.56 Å². The van der Waals surface area contributed by atoms with Crippen LogP contribution in [-0.4, -0.2) is 25.4 Å². The first kappa shape index (κ1) is 19.1. The standard InChI is InChI=1S/C22H17N5O3S/c1-13(21-26-16(11-31-21)14-6-8-23-9-7-14)25-18(28)10-27-12-24-19-15-4-2-3-5-17(15)30-20(19)22(27)29/h2-9,11-13H,10H2,1H3,(H,25,28). The lowest BCUT2D eigenvalue weighted by Gasteiger charge is -2.12. The predicted octanol–water partition coefficient (Wildman–Crippen LogP) is 3.54. The minimum atomic E-state index is -0.391. The van der Waals surface area contributed by atoms with Gasteiger partial charge in [0.25, 0.3) is 5.56 Å². The Morgan fingerprint density at radius 1 is 1.23 bits per heavy atom. The second kappa shape index (κ2) is 7.77. The monoisotopic (exact) mass is 431 g/mol. The van der Waals surface area contributed by atoms with Crippen molar-refractivity contribution in [2.24, 2.45) is 0 Å². The summed E-state index contributed by atoms with van der Waals surface area (Å²) in [5.74, 6) is -0.312. The maximum absolute atomic E-state index is 12.8. The number of hydrogen-bond donors (Lipinski definition) is 1. The van der Waals surface area contributed by atoms with E-state index in [9.17, 15) is 9.59 Å². The molecule has 5 rings (SSSR count). The van der Waals surface area contributed by atoms with E-state index in [4.69, 9.17) is 4.42 Å². The van der Waals surface area contributed by atoms with Crippen molar-refractivity contribution in [2.45, 2.75) is 19.5 Å². The van der Waals surface area contributed by atoms with E-state index in [1.54, 1.807) is 18.5 Å². The van der Waals surface area contributed by atoms with E-state index in [-0.39, 0.29) is 24.1 Å². The molecule has 0 fully saturated rings. The summed E-state index contributed by atoms with van der Waals surface area (Å²) in [4.78, 5) is 38.3. The van der Waals surface area contributed by atoms with E-state index in [0.29, 0.717) is 11.1 Å². The van der Waals surface area contributed by atoms with Gasteiger partial charge in [-0.2, -0.15) is 0 Å². The number of thiazole rings is 1. The fourth-order valence-corrected chi connectivity index (χ4v) is 4.21. The fraction of sp³-hybridized carbons (Fsp3) is 0.136. The number of para-hydroxylation sites is 1. The third-order valence-corrected chi connectivity index (χ3v) is 5.94. The van der Waals surface area contributed by atoms with E-state index in [0.717, 1.165) is 21.7 Å². The van der Waals surface area contributed by atoms with Crippen molar-refractivity contribution in [3.63, 3.8) is 0 Å². The molecule has 1 unspecified atom stereocenters. The number of pyridine rings is 1. The third kappa shape index (κ3) is 3.59. The second-order valence-corrected chi connectivity index (χ2v) is 7.94. The number of benzene rings is 1. The Balaban J connectivity index is 1.33. The van der Waals surface area contributed by atoms with Gasteiger partial charge in [-0.15, -0.1) is 11.3 Å². The Hall–Kier alpha value is -3.85. The molecule has 154 valence electrons. The average Bonchev–Trinajstić information content (AvgIpc) is 3.42. The molecule has 1 atom stereocenters. The molecule has 0 spiro atoms. The number of fused-ring (bicyclic) bond motifs is 3. The number of furan rings is 1. The lowest BCUT2D eigenvalue weighted by atomic mass is 10.2. The van der Waals surface area contributed by atoms with Gasteiger partial charge in [0.2, 0.25) is 11.5 Å². The van der Waals surface area contributed by atoms with Crippen molar-refractivity contribution in [2.75, 3.05) is 0 Å². The molecule has 0 aliphatic carbocycles. The Morgan fingerprint density at radius 3 is 2.87 bits per heavy atom. The molecule has 0 aliphatic rings. The summed E-state index contributed by atoms with van der Waals surface area (Å²) in [6.45, 7) is 1.70. The summed E-state index contributed by atoms with van der Waals surface area (Å²) in [5, 5.41) is 6.38. The predicted molar refractivity (Wildman–Crippen MR) is 118 cm³/mol. The van der Waals surface area contributed by atoms with E-state index in [2.05, 4.69) is 20.3 Å². The number of nitrogens with one attached hydrogen (secondary N) is 1. The highest BCUT2D eigenvalue weighted by Gasteiger charge is 2.17. The van der Waals surface area contributed by atoms with Crippen LogP contribution in [0.15, 0.2) is 69.7 Å². The molecule has 0 radical (unpaired) electrons. The number of carbonyl (C=O) groups is 1. The van der Waals surface area contributed by atoms with Crippen molar-refractivity contribution in [1.82, 2.24) is 24.8 Å². The smallest absolute Gasteiger partial charge is 0.297 e. The molecular formula is C22H17N5O3S. The van der Waals surface area contributed by atoms with Gasteiger partial charge in [-0.1, -0.05) is 12.1 Å². The first-order valence-corrected chi connectivity index (χ1v) is 10.5. The first-order valence-electron chi connectivity index (χ1n) is 9.62. The molecular weight excluding hydrogens is 414 g/mol. The Bertz CT molecular complexity index is 1450. The quantitative estimate of drug-likeness (QED) is 0.457. The van der Waals surface area contributed by atoms with Crippen molar-refractivity contribution in [3.8, 4) is 11.3 Å². The average molecular weight is 431 g/mol. The highest BCUT2D eigenvalue weighted by Crippen LogP contribution is 2.25. The third-order valence-electron chi connectivity index (χ3n) is 4.91. The summed E-state index contributed by atoms with van der Waals surface area (Å²) in [6, 6.07) is 10.8. The van der Waals surface area contributed by atoms with Gasteiger partial charge in [0.1, 0.15) is 22.7 Å². The number of hydrogen-bond acceptors (Lipinski definition) is 7. The highest BCUT2D eigenvalue weighted by molar-refractivity contribution is 7.10. The summed E-state index contributed by atoms with van der Waals surface area (Å²) in [7, 11) is 0. The largest absolute Gasteiger partial charge is 0.448 e. The van der Waals surface area contributed by atoms with Gasteiger partial charge in [0.15, 0.2) is 0 Å². The van der Waals surface area contributed by atoms with Crippen LogP contribution in [0.5, 0.6) is 0 Å². The number of rotatable bonds is 5. The second-order valence-electron chi connectivity index (χ2n) is 7.05. The molecule has 1 amide bonds. The van der Waals surface area contributed by atoms with E-state index >= 15 is 0 Å². The van der Waals surface area contributed by atoms with Gasteiger partial charge in [-0.3, -0.25) is 19.1 Å². The molecule has 4 heterocycles. The molecule has 0 aliphatic heterocycles. The van der Waals surface area contributed by atoms with Crippen LogP contribution in [-0.2, 0) is 11.3 Å². The molecule has 1 N–H and O–H groups in total. The number of carbonyl (C=O) groups excluding carboxylic acids is 1. The molecule has 0 bridgehead atoms. The summed E-state index contributed by atoms with van der Waals surface area (Å²) in [6.07, 6.45) is 4.80. The van der Waals surface area contributed by atoms with Gasteiger partial charge in [-0.05, 0) is 31.2 Å². The van der Waals surface area contributed by atoms with E-state index in [1.165, 1.54) is 22.2 Å². The van der Waals surface area contributed by atoms with Crippen LogP contribution in [0, 0.1) is 0 Å². The summed E-state index contributed by atoms with van der Waals surface area (Å²) >= 11 is 1.47. The van der Waals surface area contributed by atoms with Gasteiger partial charge in [-0.25, -0.2) is 9.97 Å². The van der Waals surface area contributed by atoms with Gasteiger partial charge < -0.3 is 9.73 Å². The Morgan fingerprint density at radius 2 is 2.03 bits per heavy atom. The maximum atomic E-state index is 12.8. The molecule has 31 heavy (non-hydrogen) atoms. The van der Waals surface area contributed by atoms with Crippen molar-refractivity contribution in [3.05, 3.63) is 75.9 Å². The van der Waals surface area contributed by atoms with Crippen molar-refractivity contribution in [1.29, 1.82) is 0 Å². The zero-order valence-corrected chi connectivity index (χ0v) is 17.3. The SMILES string of the molecule is CC(NC(=O)Cn1cnc2c(oc3ccccc32)c1=O)c1nc(-c2ccncc2)cs1. The van der Waals surface area contributed by atoms with Crippen molar-refractivity contribution < 1.29 is 9.21 Å². The van der Waals surface area contributed by atoms with Crippen LogP contribution in [0.25, 0.3) is 33.3 Å². The Kier molecular flexibility index (Phi) is 4.79. The van der Waals surface area contributed by atoms with Crippen LogP contribution < -0.4 is 10.9 Å². The minimum absolute atomic E-state index is 0.145. The first-order chi connectivity index (χ1) is 15.1. The lowest BCUT2D eigenvalue weighted by Crippen LogP contribution is -2.33. The molecule has 0 saturated carbocycles. The van der Waals surface area contributed by atoms with E-state index in [1.807, 2.05) is 42.6 Å². The molecule has 9 heteroatoms. The number of amides is 1. The van der Waals surface area contributed by atoms with Crippen molar-refractivity contribution >= 4 is 39.3 Å². The number of nitrogens with zero attached hydrogens (tertiary/aromatic N) is 4. The van der Waals surface area contributed by atoms with Crippen LogP contribution in [0.3, 0.4) is 0 Å².